The van der Waals surface area contributed by atoms with Crippen LogP contribution in [0.15, 0.2) is 29.1 Å². The minimum atomic E-state index is -4.75. The zero-order chi connectivity index (χ0) is 23.3. The van der Waals surface area contributed by atoms with Crippen LogP contribution < -0.4 is 15.6 Å². The number of nitrogens with one attached hydrogen (secondary N) is 2. The lowest BCUT2D eigenvalue weighted by Gasteiger charge is -2.27. The van der Waals surface area contributed by atoms with Crippen LogP contribution in [0.25, 0.3) is 0 Å². The first kappa shape index (κ1) is 22.6. The van der Waals surface area contributed by atoms with E-state index in [1.165, 1.54) is 18.2 Å². The van der Waals surface area contributed by atoms with E-state index in [0.717, 1.165) is 6.42 Å². The summed E-state index contributed by atoms with van der Waals surface area (Å²) in [5.74, 6) is -1.41. The van der Waals surface area contributed by atoms with E-state index in [0.29, 0.717) is 35.8 Å². The van der Waals surface area contributed by atoms with Gasteiger partial charge in [-0.2, -0.15) is 13.2 Å². The van der Waals surface area contributed by atoms with Crippen LogP contribution >= 0.6 is 0 Å². The summed E-state index contributed by atoms with van der Waals surface area (Å²) in [5.41, 5.74) is -0.519. The van der Waals surface area contributed by atoms with Crippen molar-refractivity contribution in [2.24, 2.45) is 0 Å². The molecule has 0 unspecified atom stereocenters. The Bertz CT molecular complexity index is 1200. The molecule has 1 aromatic heterocycles. The molecule has 11 heteroatoms. The Kier molecular flexibility index (Phi) is 5.72. The Balaban J connectivity index is 1.87. The first-order valence-corrected chi connectivity index (χ1v) is 11.9. The molecule has 0 spiro atoms. The summed E-state index contributed by atoms with van der Waals surface area (Å²) >= 11 is 0. The topological polar surface area (TPSA) is 80.2 Å². The van der Waals surface area contributed by atoms with Crippen LogP contribution in [0.1, 0.15) is 49.1 Å². The van der Waals surface area contributed by atoms with E-state index < -0.39 is 45.2 Å². The number of benzene rings is 1. The van der Waals surface area contributed by atoms with Crippen LogP contribution in [0.5, 0.6) is 0 Å². The second-order valence-electron chi connectivity index (χ2n) is 8.45. The first-order chi connectivity index (χ1) is 14.9. The monoisotopic (exact) mass is 473 g/mol. The van der Waals surface area contributed by atoms with Crippen molar-refractivity contribution in [1.29, 1.82) is 0 Å². The van der Waals surface area contributed by atoms with Crippen LogP contribution in [0.2, 0.25) is 0 Å². The maximum absolute atomic E-state index is 14.5. The molecule has 6 nitrogen and oxygen atoms in total. The van der Waals surface area contributed by atoms with Gasteiger partial charge < -0.3 is 5.32 Å². The highest BCUT2D eigenvalue weighted by atomic mass is 32.2. The molecule has 0 aliphatic heterocycles. The van der Waals surface area contributed by atoms with Crippen molar-refractivity contribution < 1.29 is 26.0 Å². The number of anilines is 3. The standard InChI is InChI=1S/C21H23F4N3O3S/c1-12-5-8-17(16(22)9-12)26-19-18(27-32(30,31)14-3-2-4-14)10-15(13-6-7-13)20(29)28(19)11-21(23,24)25/h5,8-10,13-14,26-27H,2-4,6-7,11H2,1H3. The number of nitrogens with zero attached hydrogens (tertiary/aromatic N) is 1. The lowest BCUT2D eigenvalue weighted by atomic mass is 10.0. The minimum Gasteiger partial charge on any atom is -0.337 e. The summed E-state index contributed by atoms with van der Waals surface area (Å²) in [4.78, 5) is 12.9. The molecule has 174 valence electrons. The van der Waals surface area contributed by atoms with Crippen molar-refractivity contribution in [3.05, 3.63) is 51.6 Å². The Morgan fingerprint density at radius 1 is 1.09 bits per heavy atom. The predicted octanol–water partition coefficient (Wildman–Crippen LogP) is 4.77. The summed E-state index contributed by atoms with van der Waals surface area (Å²) in [6.45, 7) is 0.00934. The Morgan fingerprint density at radius 2 is 1.78 bits per heavy atom. The van der Waals surface area contributed by atoms with Gasteiger partial charge in [0.15, 0.2) is 0 Å². The summed E-state index contributed by atoms with van der Waals surface area (Å²) in [6.07, 6.45) is -1.85. The number of rotatable bonds is 7. The van der Waals surface area contributed by atoms with Crippen molar-refractivity contribution >= 4 is 27.2 Å². The molecule has 2 saturated carbocycles. The molecule has 2 aliphatic rings. The Morgan fingerprint density at radius 3 is 2.31 bits per heavy atom. The highest BCUT2D eigenvalue weighted by Gasteiger charge is 2.36. The van der Waals surface area contributed by atoms with Gasteiger partial charge in [-0.1, -0.05) is 12.5 Å². The van der Waals surface area contributed by atoms with E-state index in [9.17, 15) is 30.8 Å². The molecule has 2 N–H and O–H groups in total. The molecule has 4 rings (SSSR count). The van der Waals surface area contributed by atoms with E-state index in [4.69, 9.17) is 0 Å². The second-order valence-corrected chi connectivity index (χ2v) is 10.4. The Hall–Kier alpha value is -2.56. The predicted molar refractivity (Wildman–Crippen MR) is 113 cm³/mol. The molecule has 32 heavy (non-hydrogen) atoms. The van der Waals surface area contributed by atoms with Crippen molar-refractivity contribution in [3.8, 4) is 0 Å². The van der Waals surface area contributed by atoms with Gasteiger partial charge in [-0.3, -0.25) is 14.1 Å². The van der Waals surface area contributed by atoms with Crippen molar-refractivity contribution in [1.82, 2.24) is 4.57 Å². The van der Waals surface area contributed by atoms with Crippen LogP contribution in [-0.2, 0) is 16.6 Å². The van der Waals surface area contributed by atoms with Crippen molar-refractivity contribution in [2.45, 2.75) is 62.9 Å². The summed E-state index contributed by atoms with van der Waals surface area (Å²) in [5, 5.41) is 1.89. The highest BCUT2D eigenvalue weighted by Crippen LogP contribution is 2.41. The number of hydrogen-bond acceptors (Lipinski definition) is 4. The average Bonchev–Trinajstić information content (AvgIpc) is 3.44. The summed E-state index contributed by atoms with van der Waals surface area (Å²) in [7, 11) is -3.88. The van der Waals surface area contributed by atoms with Gasteiger partial charge in [-0.05, 0) is 62.3 Å². The van der Waals surface area contributed by atoms with Gasteiger partial charge in [0.25, 0.3) is 5.56 Å². The van der Waals surface area contributed by atoms with Gasteiger partial charge in [0.05, 0.1) is 16.6 Å². The number of hydrogen-bond donors (Lipinski definition) is 2. The fourth-order valence-electron chi connectivity index (χ4n) is 3.68. The zero-order valence-corrected chi connectivity index (χ0v) is 18.1. The molecular formula is C21H23F4N3O3S. The molecule has 1 heterocycles. The van der Waals surface area contributed by atoms with Crippen molar-refractivity contribution in [3.63, 3.8) is 0 Å². The number of halogens is 4. The lowest BCUT2D eigenvalue weighted by Crippen LogP contribution is -2.36. The van der Waals surface area contributed by atoms with E-state index in [1.807, 2.05) is 0 Å². The number of alkyl halides is 3. The number of aryl methyl sites for hydroxylation is 1. The molecule has 2 aliphatic carbocycles. The minimum absolute atomic E-state index is 0.121. The fraction of sp³-hybridized carbons (Fsp3) is 0.476. The molecule has 0 atom stereocenters. The smallest absolute Gasteiger partial charge is 0.337 e. The van der Waals surface area contributed by atoms with E-state index in [-0.39, 0.29) is 22.9 Å². The third kappa shape index (κ3) is 4.77. The van der Waals surface area contributed by atoms with Gasteiger partial charge in [-0.25, -0.2) is 12.8 Å². The van der Waals surface area contributed by atoms with Crippen molar-refractivity contribution in [2.75, 3.05) is 10.0 Å². The van der Waals surface area contributed by atoms with Gasteiger partial charge in [0, 0.05) is 5.56 Å². The van der Waals surface area contributed by atoms with E-state index in [2.05, 4.69) is 10.0 Å². The van der Waals surface area contributed by atoms with Crippen LogP contribution in [0.3, 0.4) is 0 Å². The lowest BCUT2D eigenvalue weighted by molar-refractivity contribution is -0.140. The fourth-order valence-corrected chi connectivity index (χ4v) is 5.27. The molecule has 0 amide bonds. The van der Waals surface area contributed by atoms with Gasteiger partial charge in [0.1, 0.15) is 18.2 Å². The average molecular weight is 473 g/mol. The normalized spacial score (nSPS) is 17.2. The number of pyridine rings is 1. The largest absolute Gasteiger partial charge is 0.406 e. The van der Waals surface area contributed by atoms with Crippen LogP contribution in [-0.4, -0.2) is 24.4 Å². The van der Waals surface area contributed by atoms with Gasteiger partial charge >= 0.3 is 6.18 Å². The van der Waals surface area contributed by atoms with Gasteiger partial charge in [-0.15, -0.1) is 0 Å². The summed E-state index contributed by atoms with van der Waals surface area (Å²) in [6, 6.07) is 5.35. The number of sulfonamides is 1. The van der Waals surface area contributed by atoms with Gasteiger partial charge in [0.2, 0.25) is 10.0 Å². The molecule has 0 radical (unpaired) electrons. The maximum Gasteiger partial charge on any atom is 0.406 e. The van der Waals surface area contributed by atoms with E-state index in [1.54, 1.807) is 13.0 Å². The third-order valence-electron chi connectivity index (χ3n) is 5.79. The van der Waals surface area contributed by atoms with Crippen LogP contribution in [0, 0.1) is 12.7 Å². The van der Waals surface area contributed by atoms with E-state index >= 15 is 0 Å². The molecule has 0 bridgehead atoms. The second kappa shape index (κ2) is 8.09. The SMILES string of the molecule is Cc1ccc(Nc2c(NS(=O)(=O)C3CCC3)cc(C3CC3)c(=O)n2CC(F)(F)F)c(F)c1. The quantitative estimate of drug-likeness (QED) is 0.568. The first-order valence-electron chi connectivity index (χ1n) is 10.3. The summed E-state index contributed by atoms with van der Waals surface area (Å²) < 4.78 is 83.0. The number of aromatic nitrogens is 1. The molecule has 2 fully saturated rings. The molecular weight excluding hydrogens is 450 g/mol. The van der Waals surface area contributed by atoms with Crippen LogP contribution in [0.4, 0.5) is 34.8 Å². The Labute approximate surface area is 182 Å². The molecule has 0 saturated heterocycles. The molecule has 1 aromatic carbocycles. The highest BCUT2D eigenvalue weighted by molar-refractivity contribution is 7.93. The zero-order valence-electron chi connectivity index (χ0n) is 17.3. The maximum atomic E-state index is 14.5. The molecule has 2 aromatic rings. The third-order valence-corrected chi connectivity index (χ3v) is 7.65.